The van der Waals surface area contributed by atoms with Gasteiger partial charge < -0.3 is 4.42 Å². The highest BCUT2D eigenvalue weighted by atomic mass is 127. The van der Waals surface area contributed by atoms with Crippen molar-refractivity contribution in [2.75, 3.05) is 0 Å². The number of hydrogen-bond acceptors (Lipinski definition) is 2. The Kier molecular flexibility index (Phi) is 4.14. The van der Waals surface area contributed by atoms with Crippen molar-refractivity contribution in [1.82, 2.24) is 0 Å². The van der Waals surface area contributed by atoms with Crippen molar-refractivity contribution in [3.63, 3.8) is 0 Å². The third-order valence-electron chi connectivity index (χ3n) is 3.60. The summed E-state index contributed by atoms with van der Waals surface area (Å²) in [5.41, 5.74) is 2.04. The number of rotatable bonds is 3. The van der Waals surface area contributed by atoms with Crippen molar-refractivity contribution in [3.8, 4) is 11.3 Å². The Bertz CT molecular complexity index is 945. The summed E-state index contributed by atoms with van der Waals surface area (Å²) in [6, 6.07) is 27.1. The summed E-state index contributed by atoms with van der Waals surface area (Å²) in [6.45, 7) is 0. The molecule has 0 saturated carbocycles. The van der Waals surface area contributed by atoms with Gasteiger partial charge in [0.25, 0.3) is 0 Å². The van der Waals surface area contributed by atoms with Crippen LogP contribution in [-0.4, -0.2) is 0 Å². The first-order valence-corrected chi connectivity index (χ1v) is 9.21. The summed E-state index contributed by atoms with van der Waals surface area (Å²) in [7, 11) is 0. The van der Waals surface area contributed by atoms with Gasteiger partial charge >= 0.3 is 0 Å². The van der Waals surface area contributed by atoms with Gasteiger partial charge in [0.1, 0.15) is 11.3 Å². The fourth-order valence-corrected chi connectivity index (χ4v) is 4.08. The molecule has 4 rings (SSSR count). The first-order valence-electron chi connectivity index (χ1n) is 7.31. The summed E-state index contributed by atoms with van der Waals surface area (Å²) in [6.07, 6.45) is 0. The largest absolute Gasteiger partial charge is 0.455 e. The Balaban J connectivity index is 1.93. The molecule has 1 nitrogen and oxygen atoms in total. The fourth-order valence-electron chi connectivity index (χ4n) is 2.53. The average molecular weight is 428 g/mol. The molecule has 1 aromatic heterocycles. The normalized spacial score (nSPS) is 11.0. The minimum atomic E-state index is 0.933. The molecule has 3 heteroatoms. The molecule has 0 atom stereocenters. The van der Waals surface area contributed by atoms with Gasteiger partial charge in [-0.1, -0.05) is 60.3 Å². The van der Waals surface area contributed by atoms with E-state index in [1.54, 1.807) is 11.8 Å². The van der Waals surface area contributed by atoms with E-state index in [-0.39, 0.29) is 0 Å². The predicted octanol–water partition coefficient (Wildman–Crippen LogP) is 6.86. The van der Waals surface area contributed by atoms with Crippen LogP contribution in [0.5, 0.6) is 0 Å². The van der Waals surface area contributed by atoms with E-state index in [1.165, 1.54) is 18.7 Å². The lowest BCUT2D eigenvalue weighted by Crippen LogP contribution is -1.78. The van der Waals surface area contributed by atoms with Crippen LogP contribution in [0.15, 0.2) is 93.1 Å². The molecule has 0 aliphatic rings. The second-order valence-corrected chi connectivity index (χ2v) is 7.51. The van der Waals surface area contributed by atoms with Crippen LogP contribution >= 0.6 is 34.4 Å². The van der Waals surface area contributed by atoms with Crippen LogP contribution in [0.1, 0.15) is 0 Å². The highest BCUT2D eigenvalue weighted by Crippen LogP contribution is 2.43. The molecule has 0 amide bonds. The zero-order valence-electron chi connectivity index (χ0n) is 12.2. The van der Waals surface area contributed by atoms with Crippen molar-refractivity contribution in [2.45, 2.75) is 9.79 Å². The second-order valence-electron chi connectivity index (χ2n) is 5.18. The third-order valence-corrected chi connectivity index (χ3v) is 5.39. The smallest absolute Gasteiger partial charge is 0.149 e. The maximum atomic E-state index is 6.19. The molecule has 0 radical (unpaired) electrons. The minimum Gasteiger partial charge on any atom is -0.455 e. The number of hydrogen-bond donors (Lipinski definition) is 0. The van der Waals surface area contributed by atoms with E-state index in [1.807, 2.05) is 24.3 Å². The Labute approximate surface area is 152 Å². The molecule has 112 valence electrons. The van der Waals surface area contributed by atoms with Crippen LogP contribution < -0.4 is 0 Å². The fraction of sp³-hybridized carbons (Fsp3) is 0. The van der Waals surface area contributed by atoms with Gasteiger partial charge in [0.05, 0.1) is 4.90 Å². The lowest BCUT2D eigenvalue weighted by atomic mass is 10.1. The van der Waals surface area contributed by atoms with E-state index in [9.17, 15) is 0 Å². The van der Waals surface area contributed by atoms with Gasteiger partial charge in [-0.2, -0.15) is 0 Å². The van der Waals surface area contributed by atoms with E-state index in [2.05, 4.69) is 77.2 Å². The Morgan fingerprint density at radius 2 is 1.48 bits per heavy atom. The standard InChI is InChI=1S/C20H13IOS/c21-15-11-12-18-17(13-15)20(23-16-9-5-2-6-10-16)19(22-18)14-7-3-1-4-8-14/h1-13H. The van der Waals surface area contributed by atoms with Crippen LogP contribution in [-0.2, 0) is 0 Å². The van der Waals surface area contributed by atoms with E-state index in [0.717, 1.165) is 16.9 Å². The Morgan fingerprint density at radius 3 is 2.22 bits per heavy atom. The Morgan fingerprint density at radius 1 is 0.783 bits per heavy atom. The highest BCUT2D eigenvalue weighted by molar-refractivity contribution is 14.1. The summed E-state index contributed by atoms with van der Waals surface area (Å²) in [4.78, 5) is 2.39. The molecule has 0 N–H and O–H groups in total. The molecule has 0 fully saturated rings. The third kappa shape index (κ3) is 3.03. The predicted molar refractivity (Wildman–Crippen MR) is 105 cm³/mol. The van der Waals surface area contributed by atoms with Crippen molar-refractivity contribution >= 4 is 45.3 Å². The van der Waals surface area contributed by atoms with Crippen molar-refractivity contribution in [1.29, 1.82) is 0 Å². The summed E-state index contributed by atoms with van der Waals surface area (Å²) >= 11 is 4.11. The number of halogens is 1. The van der Waals surface area contributed by atoms with Gasteiger partial charge in [-0.05, 0) is 52.9 Å². The minimum absolute atomic E-state index is 0.933. The van der Waals surface area contributed by atoms with Crippen molar-refractivity contribution < 1.29 is 4.42 Å². The first-order chi connectivity index (χ1) is 11.3. The summed E-state index contributed by atoms with van der Waals surface area (Å²) in [5, 5.41) is 1.17. The molecule has 0 aliphatic carbocycles. The first kappa shape index (κ1) is 14.8. The van der Waals surface area contributed by atoms with E-state index < -0.39 is 0 Å². The molecule has 0 saturated heterocycles. The molecule has 1 heterocycles. The molecule has 0 spiro atoms. The molecule has 23 heavy (non-hydrogen) atoms. The van der Waals surface area contributed by atoms with Crippen molar-refractivity contribution in [3.05, 3.63) is 82.4 Å². The maximum Gasteiger partial charge on any atom is 0.149 e. The number of fused-ring (bicyclic) bond motifs is 1. The van der Waals surface area contributed by atoms with Crippen molar-refractivity contribution in [2.24, 2.45) is 0 Å². The van der Waals surface area contributed by atoms with E-state index in [4.69, 9.17) is 4.42 Å². The maximum absolute atomic E-state index is 6.19. The van der Waals surface area contributed by atoms with Crippen LogP contribution in [0, 0.1) is 3.57 Å². The van der Waals surface area contributed by atoms with Crippen LogP contribution in [0.3, 0.4) is 0 Å². The van der Waals surface area contributed by atoms with Gasteiger partial charge in [-0.25, -0.2) is 0 Å². The molecule has 0 aliphatic heterocycles. The summed E-state index contributed by atoms with van der Waals surface area (Å²) < 4.78 is 7.40. The lowest BCUT2D eigenvalue weighted by Gasteiger charge is -2.03. The topological polar surface area (TPSA) is 13.1 Å². The van der Waals surface area contributed by atoms with Gasteiger partial charge in [-0.15, -0.1) is 0 Å². The lowest BCUT2D eigenvalue weighted by molar-refractivity contribution is 0.625. The van der Waals surface area contributed by atoms with Gasteiger partial charge in [-0.3, -0.25) is 0 Å². The molecule has 0 unspecified atom stereocenters. The molecular formula is C20H13IOS. The summed E-state index contributed by atoms with van der Waals surface area (Å²) in [5.74, 6) is 0.941. The molecule has 3 aromatic carbocycles. The van der Waals surface area contributed by atoms with Gasteiger partial charge in [0, 0.05) is 19.4 Å². The SMILES string of the molecule is Ic1ccc2oc(-c3ccccc3)c(Sc3ccccc3)c2c1. The van der Waals surface area contributed by atoms with Crippen LogP contribution in [0.25, 0.3) is 22.3 Å². The van der Waals surface area contributed by atoms with Crippen LogP contribution in [0.4, 0.5) is 0 Å². The monoisotopic (exact) mass is 428 g/mol. The van der Waals surface area contributed by atoms with Gasteiger partial charge in [0.15, 0.2) is 0 Å². The molecular weight excluding hydrogens is 415 g/mol. The molecule has 0 bridgehead atoms. The van der Waals surface area contributed by atoms with E-state index >= 15 is 0 Å². The van der Waals surface area contributed by atoms with Crippen LogP contribution in [0.2, 0.25) is 0 Å². The number of furan rings is 1. The highest BCUT2D eigenvalue weighted by Gasteiger charge is 2.17. The Hall–Kier alpha value is -1.72. The second kappa shape index (κ2) is 6.42. The average Bonchev–Trinajstić information content (AvgIpc) is 2.95. The zero-order valence-corrected chi connectivity index (χ0v) is 15.2. The number of benzene rings is 3. The zero-order chi connectivity index (χ0) is 15.6. The molecule has 4 aromatic rings. The quantitative estimate of drug-likeness (QED) is 0.331. The van der Waals surface area contributed by atoms with E-state index in [0.29, 0.717) is 0 Å². The van der Waals surface area contributed by atoms with Gasteiger partial charge in [0.2, 0.25) is 0 Å².